The Balaban J connectivity index is 4.47. The molecular formula is C62H110O6. The van der Waals surface area contributed by atoms with E-state index < -0.39 is 6.10 Å². The van der Waals surface area contributed by atoms with Crippen LogP contribution < -0.4 is 0 Å². The molecule has 0 aliphatic heterocycles. The second-order valence-corrected chi connectivity index (χ2v) is 19.6. The predicted molar refractivity (Wildman–Crippen MR) is 293 cm³/mol. The molecule has 0 aliphatic rings. The maximum absolute atomic E-state index is 12.9. The summed E-state index contributed by atoms with van der Waals surface area (Å²) in [6.07, 6.45) is 70.8. The van der Waals surface area contributed by atoms with Crippen LogP contribution in [0.4, 0.5) is 0 Å². The van der Waals surface area contributed by atoms with Crippen molar-refractivity contribution in [1.82, 2.24) is 0 Å². The highest BCUT2D eigenvalue weighted by Crippen LogP contribution is 2.16. The number of carbonyl (C=O) groups excluding carboxylic acids is 3. The van der Waals surface area contributed by atoms with Crippen LogP contribution in [0.5, 0.6) is 0 Å². The summed E-state index contributed by atoms with van der Waals surface area (Å²) >= 11 is 0. The molecule has 0 amide bonds. The van der Waals surface area contributed by atoms with Crippen molar-refractivity contribution in [3.63, 3.8) is 0 Å². The molecule has 0 fully saturated rings. The Labute approximate surface area is 421 Å². The van der Waals surface area contributed by atoms with Crippen molar-refractivity contribution < 1.29 is 28.6 Å². The molecule has 6 nitrogen and oxygen atoms in total. The molecule has 0 bridgehead atoms. The minimum absolute atomic E-state index is 0.101. The molecule has 0 saturated carbocycles. The number of esters is 3. The molecule has 1 atom stereocenters. The summed E-state index contributed by atoms with van der Waals surface area (Å²) in [4.78, 5) is 38.1. The first-order chi connectivity index (χ1) is 33.5. The van der Waals surface area contributed by atoms with Crippen molar-refractivity contribution in [3.8, 4) is 0 Å². The van der Waals surface area contributed by atoms with E-state index in [1.807, 2.05) is 0 Å². The van der Waals surface area contributed by atoms with Gasteiger partial charge in [0, 0.05) is 19.3 Å². The van der Waals surface area contributed by atoms with E-state index in [0.717, 1.165) is 70.6 Å². The highest BCUT2D eigenvalue weighted by molar-refractivity contribution is 5.71. The number of hydrogen-bond donors (Lipinski definition) is 0. The van der Waals surface area contributed by atoms with E-state index in [-0.39, 0.29) is 37.5 Å². The van der Waals surface area contributed by atoms with Crippen molar-refractivity contribution in [2.24, 2.45) is 0 Å². The fourth-order valence-electron chi connectivity index (χ4n) is 8.33. The van der Waals surface area contributed by atoms with Gasteiger partial charge in [0.25, 0.3) is 0 Å². The molecular weight excluding hydrogens is 841 g/mol. The molecule has 0 aromatic carbocycles. The number of unbranched alkanes of at least 4 members (excludes halogenated alkanes) is 33. The molecule has 6 heteroatoms. The van der Waals surface area contributed by atoms with Gasteiger partial charge in [-0.3, -0.25) is 14.4 Å². The lowest BCUT2D eigenvalue weighted by molar-refractivity contribution is -0.167. The van der Waals surface area contributed by atoms with Crippen molar-refractivity contribution >= 4 is 17.9 Å². The van der Waals surface area contributed by atoms with E-state index >= 15 is 0 Å². The molecule has 0 rings (SSSR count). The average molecular weight is 952 g/mol. The number of hydrogen-bond acceptors (Lipinski definition) is 6. The molecule has 0 radical (unpaired) electrons. The van der Waals surface area contributed by atoms with Crippen molar-refractivity contribution in [2.75, 3.05) is 13.2 Å². The minimum atomic E-state index is -0.803. The predicted octanol–water partition coefficient (Wildman–Crippen LogP) is 19.6. The average Bonchev–Trinajstić information content (AvgIpc) is 3.34. The summed E-state index contributed by atoms with van der Waals surface area (Å²) in [7, 11) is 0. The monoisotopic (exact) mass is 951 g/mol. The topological polar surface area (TPSA) is 78.9 Å². The van der Waals surface area contributed by atoms with E-state index in [9.17, 15) is 14.4 Å². The molecule has 0 heterocycles. The van der Waals surface area contributed by atoms with Gasteiger partial charge in [0.2, 0.25) is 0 Å². The standard InChI is InChI=1S/C62H110O6/c1-4-7-10-13-16-19-22-25-28-31-34-37-40-43-46-49-52-55-61(64)67-58-59(57-66-60(63)54-51-48-45-42-39-36-33-30-27-24-21-18-15-12-9-6-3)68-62(65)56-53-50-47-44-41-38-35-32-29-26-23-20-17-14-11-8-5-2/h25,28,30,33-34,36-37,39,43,46,59H,4-24,26-27,29,31-32,35,38,40-42,44-45,47-58H2,1-3H3/b28-25-,33-30-,37-34-,39-36-,46-43-. The molecule has 68 heavy (non-hydrogen) atoms. The van der Waals surface area contributed by atoms with Crippen LogP contribution in [0.1, 0.15) is 297 Å². The minimum Gasteiger partial charge on any atom is -0.462 e. The van der Waals surface area contributed by atoms with Gasteiger partial charge in [-0.1, -0.05) is 261 Å². The van der Waals surface area contributed by atoms with Crippen LogP contribution in [0.3, 0.4) is 0 Å². The number of rotatable bonds is 53. The van der Waals surface area contributed by atoms with Crippen LogP contribution >= 0.6 is 0 Å². The van der Waals surface area contributed by atoms with Crippen LogP contribution in [0.2, 0.25) is 0 Å². The second-order valence-electron chi connectivity index (χ2n) is 19.6. The first kappa shape index (κ1) is 65.1. The summed E-state index contributed by atoms with van der Waals surface area (Å²) in [5, 5.41) is 0. The number of carbonyl (C=O) groups is 3. The third-order valence-electron chi connectivity index (χ3n) is 12.8. The van der Waals surface area contributed by atoms with E-state index in [0.29, 0.717) is 19.3 Å². The highest BCUT2D eigenvalue weighted by Gasteiger charge is 2.19. The van der Waals surface area contributed by atoms with Crippen LogP contribution in [-0.2, 0) is 28.6 Å². The van der Waals surface area contributed by atoms with Gasteiger partial charge in [-0.15, -0.1) is 0 Å². The Morgan fingerprint density at radius 1 is 0.309 bits per heavy atom. The van der Waals surface area contributed by atoms with E-state index in [2.05, 4.69) is 81.5 Å². The zero-order valence-corrected chi connectivity index (χ0v) is 45.1. The second kappa shape index (κ2) is 56.7. The Morgan fingerprint density at radius 2 is 0.588 bits per heavy atom. The summed E-state index contributed by atoms with van der Waals surface area (Å²) in [5.74, 6) is -0.965. The van der Waals surface area contributed by atoms with Crippen LogP contribution in [0, 0.1) is 0 Å². The maximum atomic E-state index is 12.9. The SMILES string of the molecule is CCCCCCCC/C=C\C/C=C\C/C=C\CCCC(=O)OCC(COC(=O)CCCCC/C=C\C=C/CCCCCCCCC)OC(=O)CCCCCCCCCCCCCCCCCCC. The molecule has 0 aliphatic carbocycles. The highest BCUT2D eigenvalue weighted by atomic mass is 16.6. The largest absolute Gasteiger partial charge is 0.462 e. The van der Waals surface area contributed by atoms with Gasteiger partial charge in [-0.05, 0) is 77.0 Å². The zero-order valence-electron chi connectivity index (χ0n) is 45.1. The summed E-state index contributed by atoms with van der Waals surface area (Å²) in [6.45, 7) is 6.59. The van der Waals surface area contributed by atoms with E-state index in [4.69, 9.17) is 14.2 Å². The first-order valence-corrected chi connectivity index (χ1v) is 29.3. The Kier molecular flexibility index (Phi) is 54.3. The molecule has 1 unspecified atom stereocenters. The van der Waals surface area contributed by atoms with Gasteiger partial charge in [-0.25, -0.2) is 0 Å². The molecule has 0 spiro atoms. The lowest BCUT2D eigenvalue weighted by Crippen LogP contribution is -2.30. The third kappa shape index (κ3) is 54.1. The quantitative estimate of drug-likeness (QED) is 0.0199. The van der Waals surface area contributed by atoms with Crippen LogP contribution in [-0.4, -0.2) is 37.2 Å². The smallest absolute Gasteiger partial charge is 0.306 e. The Bertz CT molecular complexity index is 1230. The molecule has 0 aromatic rings. The van der Waals surface area contributed by atoms with E-state index in [1.54, 1.807) is 0 Å². The normalized spacial score (nSPS) is 12.5. The number of allylic oxidation sites excluding steroid dienone is 10. The van der Waals surface area contributed by atoms with Crippen molar-refractivity contribution in [2.45, 2.75) is 303 Å². The van der Waals surface area contributed by atoms with Crippen LogP contribution in [0.15, 0.2) is 60.8 Å². The van der Waals surface area contributed by atoms with Gasteiger partial charge >= 0.3 is 17.9 Å². The summed E-state index contributed by atoms with van der Waals surface area (Å²) < 4.78 is 16.8. The Hall–Kier alpha value is -2.89. The van der Waals surface area contributed by atoms with Gasteiger partial charge < -0.3 is 14.2 Å². The van der Waals surface area contributed by atoms with Gasteiger partial charge in [0.05, 0.1) is 0 Å². The molecule has 0 N–H and O–H groups in total. The van der Waals surface area contributed by atoms with Crippen molar-refractivity contribution in [1.29, 1.82) is 0 Å². The zero-order chi connectivity index (χ0) is 49.3. The summed E-state index contributed by atoms with van der Waals surface area (Å²) in [6, 6.07) is 0. The van der Waals surface area contributed by atoms with E-state index in [1.165, 1.54) is 180 Å². The maximum Gasteiger partial charge on any atom is 0.306 e. The fraction of sp³-hybridized carbons (Fsp3) is 0.790. The first-order valence-electron chi connectivity index (χ1n) is 29.3. The van der Waals surface area contributed by atoms with Gasteiger partial charge in [-0.2, -0.15) is 0 Å². The molecule has 0 aromatic heterocycles. The summed E-state index contributed by atoms with van der Waals surface area (Å²) in [5.41, 5.74) is 0. The lowest BCUT2D eigenvalue weighted by atomic mass is 10.0. The third-order valence-corrected chi connectivity index (χ3v) is 12.8. The van der Waals surface area contributed by atoms with Crippen molar-refractivity contribution in [3.05, 3.63) is 60.8 Å². The van der Waals surface area contributed by atoms with Crippen LogP contribution in [0.25, 0.3) is 0 Å². The Morgan fingerprint density at radius 3 is 0.985 bits per heavy atom. The molecule has 0 saturated heterocycles. The molecule has 394 valence electrons. The fourth-order valence-corrected chi connectivity index (χ4v) is 8.33. The van der Waals surface area contributed by atoms with Gasteiger partial charge in [0.15, 0.2) is 6.10 Å². The lowest BCUT2D eigenvalue weighted by Gasteiger charge is -2.18. The number of ether oxygens (including phenoxy) is 3. The van der Waals surface area contributed by atoms with Gasteiger partial charge in [0.1, 0.15) is 13.2 Å².